The maximum atomic E-state index is 6.02. The van der Waals surface area contributed by atoms with Crippen LogP contribution >= 0.6 is 0 Å². The fraction of sp³-hybridized carbons (Fsp3) is 0.650. The van der Waals surface area contributed by atoms with Gasteiger partial charge in [-0.05, 0) is 18.9 Å². The van der Waals surface area contributed by atoms with Gasteiger partial charge in [-0.2, -0.15) is 0 Å². The topological polar surface area (TPSA) is 54.9 Å². The van der Waals surface area contributed by atoms with E-state index in [2.05, 4.69) is 41.6 Å². The van der Waals surface area contributed by atoms with Crippen LogP contribution in [0.4, 0.5) is 0 Å². The molecule has 1 aromatic rings. The third-order valence-electron chi connectivity index (χ3n) is 6.12. The van der Waals surface area contributed by atoms with Crippen LogP contribution in [0.5, 0.6) is 5.75 Å². The zero-order chi connectivity index (χ0) is 17.4. The second kappa shape index (κ2) is 6.52. The Hall–Kier alpha value is -1.75. The Labute approximate surface area is 150 Å². The number of fused-ring (bicyclic) bond motifs is 2. The summed E-state index contributed by atoms with van der Waals surface area (Å²) in [5, 5.41) is 7.30. The van der Waals surface area contributed by atoms with E-state index in [0.717, 1.165) is 37.8 Å². The summed E-state index contributed by atoms with van der Waals surface area (Å²) in [5.74, 6) is 2.44. The Kier molecular flexibility index (Phi) is 4.36. The average molecular weight is 343 g/mol. The fourth-order valence-corrected chi connectivity index (χ4v) is 4.79. The number of guanidine groups is 1. The van der Waals surface area contributed by atoms with Crippen LogP contribution in [0.15, 0.2) is 29.3 Å². The molecule has 2 fully saturated rings. The van der Waals surface area contributed by atoms with E-state index in [0.29, 0.717) is 18.1 Å². The van der Waals surface area contributed by atoms with Gasteiger partial charge in [0, 0.05) is 43.0 Å². The van der Waals surface area contributed by atoms with Crippen molar-refractivity contribution in [1.29, 1.82) is 0 Å². The molecule has 2 heterocycles. The van der Waals surface area contributed by atoms with Crippen molar-refractivity contribution in [2.24, 2.45) is 16.3 Å². The van der Waals surface area contributed by atoms with Gasteiger partial charge in [-0.15, -0.1) is 0 Å². The summed E-state index contributed by atoms with van der Waals surface area (Å²) >= 11 is 0. The molecule has 1 saturated carbocycles. The van der Waals surface area contributed by atoms with Crippen molar-refractivity contribution in [3.8, 4) is 5.75 Å². The van der Waals surface area contributed by atoms with Crippen molar-refractivity contribution in [1.82, 2.24) is 10.6 Å². The molecule has 136 valence electrons. The van der Waals surface area contributed by atoms with Crippen molar-refractivity contribution in [2.75, 3.05) is 20.3 Å². The lowest BCUT2D eigenvalue weighted by Gasteiger charge is -2.60. The highest BCUT2D eigenvalue weighted by Gasteiger charge is 2.58. The predicted octanol–water partition coefficient (Wildman–Crippen LogP) is 2.88. The molecule has 0 bridgehead atoms. The Morgan fingerprint density at radius 1 is 1.16 bits per heavy atom. The van der Waals surface area contributed by atoms with Crippen LogP contribution in [-0.2, 0) is 4.74 Å². The quantitative estimate of drug-likeness (QED) is 0.640. The SMILES string of the molecule is CN=C(NC1CCOc2ccccc21)NC1C2CCCOC2C1(C)C. The number of hydrogen-bond donors (Lipinski definition) is 2. The molecule has 2 N–H and O–H groups in total. The molecular weight excluding hydrogens is 314 g/mol. The maximum absolute atomic E-state index is 6.02. The first-order valence-electron chi connectivity index (χ1n) is 9.44. The maximum Gasteiger partial charge on any atom is 0.191 e. The molecule has 0 radical (unpaired) electrons. The molecule has 4 unspecified atom stereocenters. The lowest BCUT2D eigenvalue weighted by molar-refractivity contribution is -0.188. The van der Waals surface area contributed by atoms with Gasteiger partial charge in [0.1, 0.15) is 5.75 Å². The average Bonchev–Trinajstić information content (AvgIpc) is 2.65. The summed E-state index contributed by atoms with van der Waals surface area (Å²) in [4.78, 5) is 4.49. The summed E-state index contributed by atoms with van der Waals surface area (Å²) in [7, 11) is 1.85. The largest absolute Gasteiger partial charge is 0.493 e. The van der Waals surface area contributed by atoms with Crippen LogP contribution in [0.25, 0.3) is 0 Å². The van der Waals surface area contributed by atoms with Gasteiger partial charge in [-0.1, -0.05) is 32.0 Å². The van der Waals surface area contributed by atoms with E-state index in [4.69, 9.17) is 9.47 Å². The number of hydrogen-bond acceptors (Lipinski definition) is 3. The summed E-state index contributed by atoms with van der Waals surface area (Å²) in [6, 6.07) is 8.90. The van der Waals surface area contributed by atoms with Crippen LogP contribution in [-0.4, -0.2) is 38.4 Å². The predicted molar refractivity (Wildman–Crippen MR) is 99.0 cm³/mol. The molecule has 1 aliphatic carbocycles. The smallest absolute Gasteiger partial charge is 0.191 e. The van der Waals surface area contributed by atoms with Crippen LogP contribution in [0.3, 0.4) is 0 Å². The summed E-state index contributed by atoms with van der Waals surface area (Å²) < 4.78 is 11.8. The molecular formula is C20H29N3O2. The minimum atomic E-state index is 0.135. The molecule has 0 spiro atoms. The van der Waals surface area contributed by atoms with Gasteiger partial charge < -0.3 is 20.1 Å². The van der Waals surface area contributed by atoms with Crippen molar-refractivity contribution in [3.05, 3.63) is 29.8 Å². The number of nitrogens with zero attached hydrogens (tertiary/aromatic N) is 1. The van der Waals surface area contributed by atoms with Crippen molar-refractivity contribution < 1.29 is 9.47 Å². The minimum Gasteiger partial charge on any atom is -0.493 e. The number of ether oxygens (including phenoxy) is 2. The van der Waals surface area contributed by atoms with E-state index >= 15 is 0 Å². The number of nitrogens with one attached hydrogen (secondary N) is 2. The molecule has 2 aliphatic heterocycles. The molecule has 4 atom stereocenters. The lowest BCUT2D eigenvalue weighted by Crippen LogP contribution is -2.71. The van der Waals surface area contributed by atoms with E-state index in [9.17, 15) is 0 Å². The summed E-state index contributed by atoms with van der Waals surface area (Å²) in [5.41, 5.74) is 1.35. The van der Waals surface area contributed by atoms with Crippen LogP contribution < -0.4 is 15.4 Å². The molecule has 5 nitrogen and oxygen atoms in total. The van der Waals surface area contributed by atoms with Crippen molar-refractivity contribution in [3.63, 3.8) is 0 Å². The molecule has 3 aliphatic rings. The van der Waals surface area contributed by atoms with E-state index in [1.165, 1.54) is 12.0 Å². The van der Waals surface area contributed by atoms with Crippen LogP contribution in [0.2, 0.25) is 0 Å². The monoisotopic (exact) mass is 343 g/mol. The number of para-hydroxylation sites is 1. The van der Waals surface area contributed by atoms with Crippen molar-refractivity contribution >= 4 is 5.96 Å². The highest BCUT2D eigenvalue weighted by molar-refractivity contribution is 5.81. The van der Waals surface area contributed by atoms with Gasteiger partial charge in [0.15, 0.2) is 5.96 Å². The van der Waals surface area contributed by atoms with Crippen LogP contribution in [0, 0.1) is 11.3 Å². The minimum absolute atomic E-state index is 0.135. The first kappa shape index (κ1) is 16.7. The molecule has 1 saturated heterocycles. The van der Waals surface area contributed by atoms with E-state index in [-0.39, 0.29) is 11.5 Å². The molecule has 5 heteroatoms. The van der Waals surface area contributed by atoms with Crippen LogP contribution in [0.1, 0.15) is 44.7 Å². The van der Waals surface area contributed by atoms with Gasteiger partial charge in [0.05, 0.1) is 18.8 Å². The van der Waals surface area contributed by atoms with Gasteiger partial charge >= 0.3 is 0 Å². The number of aliphatic imine (C=N–C) groups is 1. The first-order valence-corrected chi connectivity index (χ1v) is 9.44. The Morgan fingerprint density at radius 2 is 2.00 bits per heavy atom. The normalized spacial score (nSPS) is 33.3. The summed E-state index contributed by atoms with van der Waals surface area (Å²) in [6.07, 6.45) is 3.72. The highest BCUT2D eigenvalue weighted by Crippen LogP contribution is 2.51. The number of benzene rings is 1. The first-order chi connectivity index (χ1) is 12.1. The third kappa shape index (κ3) is 2.88. The summed E-state index contributed by atoms with van der Waals surface area (Å²) in [6.45, 7) is 6.24. The number of rotatable bonds is 2. The van der Waals surface area contributed by atoms with Gasteiger partial charge in [-0.3, -0.25) is 4.99 Å². The second-order valence-corrected chi connectivity index (χ2v) is 7.98. The molecule has 0 amide bonds. The molecule has 25 heavy (non-hydrogen) atoms. The third-order valence-corrected chi connectivity index (χ3v) is 6.12. The van der Waals surface area contributed by atoms with Crippen molar-refractivity contribution in [2.45, 2.75) is 51.3 Å². The fourth-order valence-electron chi connectivity index (χ4n) is 4.79. The standard InChI is InChI=1S/C20H29N3O2/c1-20(2)17(14-8-6-11-25-18(14)20)23-19(21-3)22-15-10-12-24-16-9-5-4-7-13(15)16/h4-5,7,9,14-15,17-18H,6,8,10-12H2,1-3H3,(H2,21,22,23). The zero-order valence-electron chi connectivity index (χ0n) is 15.4. The van der Waals surface area contributed by atoms with E-state index in [1.54, 1.807) is 0 Å². The Bertz CT molecular complexity index is 658. The molecule has 1 aromatic carbocycles. The van der Waals surface area contributed by atoms with Gasteiger partial charge in [0.2, 0.25) is 0 Å². The van der Waals surface area contributed by atoms with Gasteiger partial charge in [-0.25, -0.2) is 0 Å². The highest BCUT2D eigenvalue weighted by atomic mass is 16.5. The molecule has 0 aromatic heterocycles. The van der Waals surface area contributed by atoms with E-state index < -0.39 is 0 Å². The van der Waals surface area contributed by atoms with E-state index in [1.807, 2.05) is 19.2 Å². The van der Waals surface area contributed by atoms with Gasteiger partial charge in [0.25, 0.3) is 0 Å². The Morgan fingerprint density at radius 3 is 2.84 bits per heavy atom. The lowest BCUT2D eigenvalue weighted by atomic mass is 9.55. The molecule has 4 rings (SSSR count). The second-order valence-electron chi connectivity index (χ2n) is 7.98. The zero-order valence-corrected chi connectivity index (χ0v) is 15.4. The Balaban J connectivity index is 1.46.